The SMILES string of the molecule is COc1ccc(S(=O)(=O)NNC(=O)Nc2ccc(C)cc2C)c(OC)c1. The van der Waals surface area contributed by atoms with Crippen molar-refractivity contribution >= 4 is 21.7 Å². The van der Waals surface area contributed by atoms with Gasteiger partial charge in [0.05, 0.1) is 14.2 Å². The minimum absolute atomic E-state index is 0.0911. The maximum absolute atomic E-state index is 12.4. The van der Waals surface area contributed by atoms with E-state index in [1.54, 1.807) is 6.07 Å². The summed E-state index contributed by atoms with van der Waals surface area (Å²) in [5.74, 6) is 0.537. The number of aryl methyl sites for hydroxylation is 2. The van der Waals surface area contributed by atoms with Gasteiger partial charge in [0, 0.05) is 11.8 Å². The molecular formula is C17H21N3O5S. The van der Waals surface area contributed by atoms with E-state index in [0.717, 1.165) is 11.1 Å². The van der Waals surface area contributed by atoms with Crippen LogP contribution in [-0.2, 0) is 10.0 Å². The fraction of sp³-hybridized carbons (Fsp3) is 0.235. The van der Waals surface area contributed by atoms with E-state index in [9.17, 15) is 13.2 Å². The maximum Gasteiger partial charge on any atom is 0.334 e. The highest BCUT2D eigenvalue weighted by Gasteiger charge is 2.21. The molecule has 0 unspecified atom stereocenters. The quantitative estimate of drug-likeness (QED) is 0.668. The van der Waals surface area contributed by atoms with Crippen LogP contribution in [0.3, 0.4) is 0 Å². The van der Waals surface area contributed by atoms with Gasteiger partial charge in [0.15, 0.2) is 0 Å². The Bertz CT molecular complexity index is 913. The van der Waals surface area contributed by atoms with Crippen LogP contribution in [0.5, 0.6) is 11.5 Å². The molecule has 3 N–H and O–H groups in total. The van der Waals surface area contributed by atoms with Crippen molar-refractivity contribution in [2.75, 3.05) is 19.5 Å². The zero-order chi connectivity index (χ0) is 19.3. The second-order valence-corrected chi connectivity index (χ2v) is 7.17. The minimum atomic E-state index is -4.03. The van der Waals surface area contributed by atoms with Crippen molar-refractivity contribution in [1.29, 1.82) is 0 Å². The van der Waals surface area contributed by atoms with Crippen LogP contribution in [0.15, 0.2) is 41.3 Å². The first-order chi connectivity index (χ1) is 12.3. The molecule has 0 saturated heterocycles. The van der Waals surface area contributed by atoms with Crippen molar-refractivity contribution in [3.63, 3.8) is 0 Å². The van der Waals surface area contributed by atoms with Gasteiger partial charge in [-0.25, -0.2) is 13.2 Å². The molecule has 0 fully saturated rings. The largest absolute Gasteiger partial charge is 0.497 e. The second kappa shape index (κ2) is 8.07. The number of nitrogens with one attached hydrogen (secondary N) is 3. The number of anilines is 1. The molecule has 2 aromatic rings. The summed E-state index contributed by atoms with van der Waals surface area (Å²) in [6.45, 7) is 3.78. The van der Waals surface area contributed by atoms with Crippen LogP contribution < -0.4 is 25.0 Å². The number of benzene rings is 2. The van der Waals surface area contributed by atoms with Crippen molar-refractivity contribution in [1.82, 2.24) is 10.3 Å². The van der Waals surface area contributed by atoms with Gasteiger partial charge >= 0.3 is 6.03 Å². The molecule has 2 rings (SSSR count). The van der Waals surface area contributed by atoms with Crippen molar-refractivity contribution in [2.24, 2.45) is 0 Å². The summed E-state index contributed by atoms with van der Waals surface area (Å²) < 4.78 is 34.9. The number of hydrazine groups is 1. The standard InChI is InChI=1S/C17H21N3O5S/c1-11-5-7-14(12(2)9-11)18-17(21)19-20-26(22,23)16-8-6-13(24-3)10-15(16)25-4/h5-10,20H,1-4H3,(H2,18,19,21). The van der Waals surface area contributed by atoms with Gasteiger partial charge < -0.3 is 14.8 Å². The average molecular weight is 379 g/mol. The van der Waals surface area contributed by atoms with Crippen LogP contribution in [0.2, 0.25) is 0 Å². The fourth-order valence-electron chi connectivity index (χ4n) is 2.27. The first-order valence-corrected chi connectivity index (χ1v) is 9.13. The Kier molecular flexibility index (Phi) is 6.06. The van der Waals surface area contributed by atoms with Crippen LogP contribution in [-0.4, -0.2) is 28.7 Å². The fourth-order valence-corrected chi connectivity index (χ4v) is 3.26. The van der Waals surface area contributed by atoms with E-state index in [1.807, 2.05) is 30.8 Å². The summed E-state index contributed by atoms with van der Waals surface area (Å²) in [7, 11) is -1.23. The first kappa shape index (κ1) is 19.5. The van der Waals surface area contributed by atoms with Crippen molar-refractivity contribution < 1.29 is 22.7 Å². The molecule has 0 aliphatic heterocycles. The van der Waals surface area contributed by atoms with Gasteiger partial charge in [-0.1, -0.05) is 17.7 Å². The third-order valence-electron chi connectivity index (χ3n) is 3.59. The molecule has 140 valence electrons. The smallest absolute Gasteiger partial charge is 0.334 e. The molecular weight excluding hydrogens is 358 g/mol. The van der Waals surface area contributed by atoms with Crippen LogP contribution in [0.25, 0.3) is 0 Å². The van der Waals surface area contributed by atoms with E-state index in [1.165, 1.54) is 32.4 Å². The van der Waals surface area contributed by atoms with Gasteiger partial charge in [-0.2, -0.15) is 0 Å². The molecule has 0 radical (unpaired) electrons. The minimum Gasteiger partial charge on any atom is -0.497 e. The average Bonchev–Trinajstić information content (AvgIpc) is 2.61. The molecule has 0 saturated carbocycles. The third kappa shape index (κ3) is 4.64. The number of sulfonamides is 1. The van der Waals surface area contributed by atoms with E-state index in [2.05, 4.69) is 10.7 Å². The Labute approximate surface area is 152 Å². The van der Waals surface area contributed by atoms with E-state index >= 15 is 0 Å². The molecule has 26 heavy (non-hydrogen) atoms. The number of hydrogen-bond donors (Lipinski definition) is 3. The second-order valence-electron chi connectivity index (χ2n) is 5.52. The first-order valence-electron chi connectivity index (χ1n) is 7.65. The molecule has 9 heteroatoms. The number of methoxy groups -OCH3 is 2. The zero-order valence-corrected chi connectivity index (χ0v) is 15.7. The number of carbonyl (C=O) groups is 1. The van der Waals surface area contributed by atoms with E-state index in [4.69, 9.17) is 9.47 Å². The lowest BCUT2D eigenvalue weighted by Crippen LogP contribution is -2.43. The van der Waals surface area contributed by atoms with E-state index in [0.29, 0.717) is 11.4 Å². The number of carbonyl (C=O) groups excluding carboxylic acids is 1. The highest BCUT2D eigenvalue weighted by Crippen LogP contribution is 2.27. The number of rotatable bonds is 6. The van der Waals surface area contributed by atoms with Gasteiger partial charge in [-0.05, 0) is 37.6 Å². The molecule has 0 aliphatic rings. The summed E-state index contributed by atoms with van der Waals surface area (Å²) in [5.41, 5.74) is 4.61. The van der Waals surface area contributed by atoms with Crippen molar-refractivity contribution in [2.45, 2.75) is 18.7 Å². The van der Waals surface area contributed by atoms with Crippen LogP contribution in [0.1, 0.15) is 11.1 Å². The summed E-state index contributed by atoms with van der Waals surface area (Å²) in [6, 6.07) is 9.01. The normalized spacial score (nSPS) is 10.9. The molecule has 0 bridgehead atoms. The van der Waals surface area contributed by atoms with Gasteiger partial charge in [-0.15, -0.1) is 4.83 Å². The predicted molar refractivity (Wildman–Crippen MR) is 97.9 cm³/mol. The Morgan fingerprint density at radius 2 is 1.73 bits per heavy atom. The van der Waals surface area contributed by atoms with Crippen LogP contribution >= 0.6 is 0 Å². The molecule has 0 aromatic heterocycles. The Morgan fingerprint density at radius 1 is 1.00 bits per heavy atom. The monoisotopic (exact) mass is 379 g/mol. The van der Waals surface area contributed by atoms with Crippen LogP contribution in [0, 0.1) is 13.8 Å². The number of ether oxygens (including phenoxy) is 2. The predicted octanol–water partition coefficient (Wildman–Crippen LogP) is 2.34. The summed E-state index contributed by atoms with van der Waals surface area (Å²) in [5, 5.41) is 2.58. The molecule has 0 atom stereocenters. The summed E-state index contributed by atoms with van der Waals surface area (Å²) in [6.07, 6.45) is 0. The van der Waals surface area contributed by atoms with Crippen molar-refractivity contribution in [3.05, 3.63) is 47.5 Å². The lowest BCUT2D eigenvalue weighted by molar-refractivity contribution is 0.250. The molecule has 0 spiro atoms. The molecule has 0 heterocycles. The van der Waals surface area contributed by atoms with Gasteiger partial charge in [0.2, 0.25) is 0 Å². The topological polar surface area (TPSA) is 106 Å². The zero-order valence-electron chi connectivity index (χ0n) is 14.9. The van der Waals surface area contributed by atoms with Gasteiger partial charge in [0.25, 0.3) is 10.0 Å². The van der Waals surface area contributed by atoms with Gasteiger partial charge in [0.1, 0.15) is 16.4 Å². The lowest BCUT2D eigenvalue weighted by Gasteiger charge is -2.14. The van der Waals surface area contributed by atoms with Crippen LogP contribution in [0.4, 0.5) is 10.5 Å². The number of urea groups is 1. The summed E-state index contributed by atoms with van der Waals surface area (Å²) in [4.78, 5) is 13.9. The highest BCUT2D eigenvalue weighted by atomic mass is 32.2. The Hall–Kier alpha value is -2.78. The Balaban J connectivity index is 2.09. The molecule has 0 aliphatic carbocycles. The number of amides is 2. The third-order valence-corrected chi connectivity index (χ3v) is 4.88. The van der Waals surface area contributed by atoms with E-state index < -0.39 is 16.1 Å². The molecule has 2 aromatic carbocycles. The molecule has 8 nitrogen and oxygen atoms in total. The van der Waals surface area contributed by atoms with Gasteiger partial charge in [-0.3, -0.25) is 5.43 Å². The summed E-state index contributed by atoms with van der Waals surface area (Å²) >= 11 is 0. The van der Waals surface area contributed by atoms with Crippen molar-refractivity contribution in [3.8, 4) is 11.5 Å². The van der Waals surface area contributed by atoms with E-state index in [-0.39, 0.29) is 10.6 Å². The Morgan fingerprint density at radius 3 is 2.35 bits per heavy atom. The highest BCUT2D eigenvalue weighted by molar-refractivity contribution is 7.89. The molecule has 2 amide bonds. The lowest BCUT2D eigenvalue weighted by atomic mass is 10.1. The maximum atomic E-state index is 12.4. The number of hydrogen-bond acceptors (Lipinski definition) is 5.